The van der Waals surface area contributed by atoms with Crippen molar-refractivity contribution in [2.24, 2.45) is 0 Å². The quantitative estimate of drug-likeness (QED) is 0.652. The normalized spacial score (nSPS) is 19.7. The molecule has 2 aromatic rings. The Morgan fingerprint density at radius 3 is 2.56 bits per heavy atom. The van der Waals surface area contributed by atoms with Crippen molar-refractivity contribution in [3.05, 3.63) is 81.2 Å². The van der Waals surface area contributed by atoms with Crippen LogP contribution in [0.4, 0.5) is 0 Å². The fraction of sp³-hybridized carbons (Fsp3) is 0.300. The highest BCUT2D eigenvalue weighted by molar-refractivity contribution is 7.92. The summed E-state index contributed by atoms with van der Waals surface area (Å²) in [5.41, 5.74) is 1.85. The summed E-state index contributed by atoms with van der Waals surface area (Å²) in [6, 6.07) is 14.8. The molecular formula is C20H21Cl2NO3S. The monoisotopic (exact) mass is 425 g/mol. The first-order valence-corrected chi connectivity index (χ1v) is 11.0. The predicted octanol–water partition coefficient (Wildman–Crippen LogP) is 5.02. The van der Waals surface area contributed by atoms with Crippen LogP contribution in [0.15, 0.2) is 60.0 Å². The molecule has 0 radical (unpaired) electrons. The summed E-state index contributed by atoms with van der Waals surface area (Å²) in [5, 5.41) is 2.14. The molecule has 2 aromatic carbocycles. The average molecular weight is 426 g/mol. The van der Waals surface area contributed by atoms with E-state index in [-0.39, 0.29) is 12.6 Å². The van der Waals surface area contributed by atoms with Crippen LogP contribution in [0.25, 0.3) is 0 Å². The van der Waals surface area contributed by atoms with Crippen molar-refractivity contribution in [1.82, 2.24) is 4.31 Å². The second-order valence-corrected chi connectivity index (χ2v) is 9.03. The van der Waals surface area contributed by atoms with Gasteiger partial charge in [0.2, 0.25) is 10.0 Å². The molecule has 0 amide bonds. The summed E-state index contributed by atoms with van der Waals surface area (Å²) in [6.07, 6.45) is 3.09. The fourth-order valence-corrected chi connectivity index (χ4v) is 4.77. The molecular weight excluding hydrogens is 405 g/mol. The van der Waals surface area contributed by atoms with Gasteiger partial charge in [0.25, 0.3) is 0 Å². The van der Waals surface area contributed by atoms with Crippen LogP contribution in [0.1, 0.15) is 24.0 Å². The minimum Gasteiger partial charge on any atom is -0.375 e. The lowest BCUT2D eigenvalue weighted by molar-refractivity contribution is 0.0734. The van der Waals surface area contributed by atoms with Gasteiger partial charge in [0.1, 0.15) is 0 Å². The molecule has 0 saturated carbocycles. The smallest absolute Gasteiger partial charge is 0.236 e. The van der Waals surface area contributed by atoms with Crippen molar-refractivity contribution >= 4 is 33.2 Å². The molecule has 0 aromatic heterocycles. The molecule has 0 unspecified atom stereocenters. The summed E-state index contributed by atoms with van der Waals surface area (Å²) in [4.78, 5) is 0. The molecule has 27 heavy (non-hydrogen) atoms. The van der Waals surface area contributed by atoms with Gasteiger partial charge in [0.15, 0.2) is 0 Å². The zero-order chi connectivity index (χ0) is 19.3. The maximum Gasteiger partial charge on any atom is 0.236 e. The molecule has 0 saturated heterocycles. The second kappa shape index (κ2) is 9.22. The first kappa shape index (κ1) is 20.4. The topological polar surface area (TPSA) is 46.6 Å². The second-order valence-electron chi connectivity index (χ2n) is 6.44. The number of hydrogen-bond acceptors (Lipinski definition) is 3. The van der Waals surface area contributed by atoms with Crippen LogP contribution in [0.2, 0.25) is 10.0 Å². The third-order valence-corrected chi connectivity index (χ3v) is 6.77. The van der Waals surface area contributed by atoms with E-state index in [9.17, 15) is 8.42 Å². The molecule has 1 aliphatic heterocycles. The summed E-state index contributed by atoms with van der Waals surface area (Å²) >= 11 is 12.1. The van der Waals surface area contributed by atoms with E-state index in [4.69, 9.17) is 27.9 Å². The van der Waals surface area contributed by atoms with E-state index in [2.05, 4.69) is 0 Å². The Labute approximate surface area is 170 Å². The molecule has 3 rings (SSSR count). The number of allylic oxidation sites excluding steroid dienone is 1. The molecule has 4 nitrogen and oxygen atoms in total. The van der Waals surface area contributed by atoms with E-state index in [1.54, 1.807) is 24.3 Å². The van der Waals surface area contributed by atoms with Gasteiger partial charge >= 0.3 is 0 Å². The molecule has 144 valence electrons. The molecule has 0 aliphatic carbocycles. The van der Waals surface area contributed by atoms with Crippen molar-refractivity contribution in [1.29, 1.82) is 0 Å². The van der Waals surface area contributed by atoms with Gasteiger partial charge in [0.05, 0.1) is 23.3 Å². The van der Waals surface area contributed by atoms with Gasteiger partial charge in [0, 0.05) is 18.0 Å². The maximum atomic E-state index is 12.7. The van der Waals surface area contributed by atoms with Crippen LogP contribution < -0.4 is 0 Å². The number of rotatable bonds is 6. The van der Waals surface area contributed by atoms with E-state index >= 15 is 0 Å². The number of nitrogens with zero attached hydrogens (tertiary/aromatic N) is 1. The highest BCUT2D eigenvalue weighted by Crippen LogP contribution is 2.26. The van der Waals surface area contributed by atoms with Gasteiger partial charge in [-0.05, 0) is 36.1 Å². The molecule has 1 heterocycles. The van der Waals surface area contributed by atoms with Crippen LogP contribution in [0, 0.1) is 0 Å². The highest BCUT2D eigenvalue weighted by atomic mass is 35.5. The SMILES string of the molecule is O=S1(=O)C=CCC[C@H](COCc2ccccc2)N1Cc1ccc(Cl)c(Cl)c1. The number of benzene rings is 2. The van der Waals surface area contributed by atoms with Crippen molar-refractivity contribution < 1.29 is 13.2 Å². The van der Waals surface area contributed by atoms with Crippen LogP contribution in [-0.4, -0.2) is 25.4 Å². The minimum atomic E-state index is -3.53. The number of sulfonamides is 1. The van der Waals surface area contributed by atoms with Crippen LogP contribution in [-0.2, 0) is 27.9 Å². The van der Waals surface area contributed by atoms with Crippen molar-refractivity contribution in [3.8, 4) is 0 Å². The van der Waals surface area contributed by atoms with Gasteiger partial charge in [-0.3, -0.25) is 0 Å². The van der Waals surface area contributed by atoms with Crippen LogP contribution in [0.5, 0.6) is 0 Å². The summed E-state index contributed by atoms with van der Waals surface area (Å²) in [5.74, 6) is 0. The first-order chi connectivity index (χ1) is 13.0. The standard InChI is InChI=1S/C20H21Cl2NO3S/c21-19-10-9-17(12-20(19)22)13-23-18(8-4-5-11-27(23,24)25)15-26-14-16-6-2-1-3-7-16/h1-3,5-7,9-12,18H,4,8,13-15H2/t18-/m1/s1. The van der Waals surface area contributed by atoms with E-state index in [0.717, 1.165) is 11.1 Å². The Balaban J connectivity index is 1.74. The molecule has 0 N–H and O–H groups in total. The number of ether oxygens (including phenoxy) is 1. The highest BCUT2D eigenvalue weighted by Gasteiger charge is 2.30. The lowest BCUT2D eigenvalue weighted by Gasteiger charge is -2.28. The third-order valence-electron chi connectivity index (χ3n) is 4.41. The van der Waals surface area contributed by atoms with E-state index in [1.165, 1.54) is 9.71 Å². The zero-order valence-corrected chi connectivity index (χ0v) is 17.1. The molecule has 7 heteroatoms. The average Bonchev–Trinajstić information content (AvgIpc) is 2.78. The molecule has 0 fully saturated rings. The van der Waals surface area contributed by atoms with Gasteiger partial charge in [-0.2, -0.15) is 4.31 Å². The lowest BCUT2D eigenvalue weighted by Crippen LogP contribution is -2.40. The van der Waals surface area contributed by atoms with Gasteiger partial charge in [-0.15, -0.1) is 0 Å². The zero-order valence-electron chi connectivity index (χ0n) is 14.7. The number of halogens is 2. The first-order valence-electron chi connectivity index (χ1n) is 8.70. The van der Waals surface area contributed by atoms with Crippen molar-refractivity contribution in [3.63, 3.8) is 0 Å². The van der Waals surface area contributed by atoms with Crippen LogP contribution >= 0.6 is 23.2 Å². The maximum absolute atomic E-state index is 12.7. The fourth-order valence-electron chi connectivity index (χ4n) is 3.00. The van der Waals surface area contributed by atoms with E-state index in [0.29, 0.717) is 36.1 Å². The van der Waals surface area contributed by atoms with Gasteiger partial charge < -0.3 is 4.74 Å². The Hall–Kier alpha value is -1.37. The summed E-state index contributed by atoms with van der Waals surface area (Å²) < 4.78 is 32.8. The lowest BCUT2D eigenvalue weighted by atomic mass is 10.1. The Morgan fingerprint density at radius 2 is 1.81 bits per heavy atom. The Morgan fingerprint density at radius 1 is 1.04 bits per heavy atom. The molecule has 0 spiro atoms. The molecule has 1 aliphatic rings. The summed E-state index contributed by atoms with van der Waals surface area (Å²) in [7, 11) is -3.53. The van der Waals surface area contributed by atoms with Gasteiger partial charge in [-0.1, -0.05) is 65.7 Å². The van der Waals surface area contributed by atoms with Crippen LogP contribution in [0.3, 0.4) is 0 Å². The minimum absolute atomic E-state index is 0.225. The van der Waals surface area contributed by atoms with Crippen molar-refractivity contribution in [2.45, 2.75) is 32.0 Å². The molecule has 0 bridgehead atoms. The molecule has 1 atom stereocenters. The number of hydrogen-bond donors (Lipinski definition) is 0. The third kappa shape index (κ3) is 5.56. The summed E-state index contributed by atoms with van der Waals surface area (Å²) in [6.45, 7) is 1.01. The largest absolute Gasteiger partial charge is 0.375 e. The Kier molecular flexibility index (Phi) is 6.95. The van der Waals surface area contributed by atoms with Gasteiger partial charge in [-0.25, -0.2) is 8.42 Å². The Bertz CT molecular complexity index is 901. The predicted molar refractivity (Wildman–Crippen MR) is 109 cm³/mol. The van der Waals surface area contributed by atoms with E-state index < -0.39 is 10.0 Å². The van der Waals surface area contributed by atoms with E-state index in [1.807, 2.05) is 30.3 Å². The van der Waals surface area contributed by atoms with Crippen molar-refractivity contribution in [2.75, 3.05) is 6.61 Å².